The highest BCUT2D eigenvalue weighted by Gasteiger charge is 2.22. The van der Waals surface area contributed by atoms with E-state index in [2.05, 4.69) is 5.32 Å². The topological polar surface area (TPSA) is 95.7 Å². The standard InChI is InChI=1S/C11H10Cl3N3O4/c1-16(10(18)8(12)9(13)14)11(19)15-6-4-2-3-5-7(6)17(20)21/h2-5,9,18H,1H3,(H,15,19). The Kier molecular flexibility index (Phi) is 6.07. The van der Waals surface area contributed by atoms with E-state index in [0.717, 1.165) is 4.90 Å². The van der Waals surface area contributed by atoms with Crippen LogP contribution in [0.15, 0.2) is 35.2 Å². The van der Waals surface area contributed by atoms with Crippen LogP contribution in [0.3, 0.4) is 0 Å². The summed E-state index contributed by atoms with van der Waals surface area (Å²) in [6.45, 7) is 0. The molecule has 1 rings (SSSR count). The zero-order chi connectivity index (χ0) is 16.2. The molecule has 7 nitrogen and oxygen atoms in total. The van der Waals surface area contributed by atoms with Gasteiger partial charge in [-0.25, -0.2) is 4.79 Å². The van der Waals surface area contributed by atoms with Gasteiger partial charge in [0, 0.05) is 13.1 Å². The first-order valence-electron chi connectivity index (χ1n) is 5.40. The molecule has 1 aromatic carbocycles. The average molecular weight is 355 g/mol. The number of anilines is 1. The molecule has 0 radical (unpaired) electrons. The van der Waals surface area contributed by atoms with Crippen LogP contribution >= 0.6 is 34.8 Å². The molecular weight excluding hydrogens is 344 g/mol. The molecule has 0 aliphatic heterocycles. The van der Waals surface area contributed by atoms with E-state index in [1.165, 1.54) is 31.3 Å². The molecule has 21 heavy (non-hydrogen) atoms. The summed E-state index contributed by atoms with van der Waals surface area (Å²) in [4.78, 5) is 21.6. The fourth-order valence-electron chi connectivity index (χ4n) is 1.29. The Balaban J connectivity index is 2.97. The lowest BCUT2D eigenvalue weighted by molar-refractivity contribution is -0.383. The van der Waals surface area contributed by atoms with Gasteiger partial charge in [0.15, 0.2) is 0 Å². The van der Waals surface area contributed by atoms with Crippen LogP contribution in [0.2, 0.25) is 0 Å². The van der Waals surface area contributed by atoms with Crippen molar-refractivity contribution in [3.8, 4) is 0 Å². The van der Waals surface area contributed by atoms with E-state index in [0.29, 0.717) is 0 Å². The molecule has 1 aromatic rings. The second-order valence-corrected chi connectivity index (χ2v) is 5.24. The smallest absolute Gasteiger partial charge is 0.328 e. The molecule has 0 aliphatic carbocycles. The molecule has 0 saturated heterocycles. The maximum atomic E-state index is 11.9. The molecule has 0 aromatic heterocycles. The number of hydrogen-bond donors (Lipinski definition) is 2. The molecule has 2 amide bonds. The summed E-state index contributed by atoms with van der Waals surface area (Å²) in [5.41, 5.74) is -0.321. The molecule has 0 spiro atoms. The molecule has 0 unspecified atom stereocenters. The number of aliphatic hydroxyl groups excluding tert-OH is 1. The van der Waals surface area contributed by atoms with Gasteiger partial charge in [0.1, 0.15) is 15.6 Å². The average Bonchev–Trinajstić information content (AvgIpc) is 2.44. The first-order chi connectivity index (χ1) is 9.75. The summed E-state index contributed by atoms with van der Waals surface area (Å²) < 4.78 is 0. The number of allylic oxidation sites excluding steroid dienone is 1. The van der Waals surface area contributed by atoms with Gasteiger partial charge in [-0.2, -0.15) is 0 Å². The largest absolute Gasteiger partial charge is 0.493 e. The van der Waals surface area contributed by atoms with Gasteiger partial charge in [-0.05, 0) is 6.07 Å². The van der Waals surface area contributed by atoms with Gasteiger partial charge in [0.25, 0.3) is 5.69 Å². The normalized spacial score (nSPS) is 11.9. The number of carbonyl (C=O) groups excluding carboxylic acids is 1. The zero-order valence-electron chi connectivity index (χ0n) is 10.6. The number of para-hydroxylation sites is 2. The van der Waals surface area contributed by atoms with Crippen molar-refractivity contribution in [3.63, 3.8) is 0 Å². The van der Waals surface area contributed by atoms with Gasteiger partial charge < -0.3 is 10.4 Å². The number of aliphatic hydroxyl groups is 1. The summed E-state index contributed by atoms with van der Waals surface area (Å²) in [5.74, 6) is -0.664. The van der Waals surface area contributed by atoms with Crippen molar-refractivity contribution in [2.24, 2.45) is 0 Å². The third-order valence-electron chi connectivity index (χ3n) is 2.37. The van der Waals surface area contributed by atoms with Gasteiger partial charge in [-0.3, -0.25) is 15.0 Å². The van der Waals surface area contributed by atoms with Crippen molar-refractivity contribution >= 4 is 52.2 Å². The molecule has 10 heteroatoms. The number of rotatable bonds is 4. The highest BCUT2D eigenvalue weighted by Crippen LogP contribution is 2.25. The SMILES string of the molecule is CN(C(=O)Nc1ccccc1[N+](=O)[O-])C(O)=C(Cl)C(Cl)Cl. The second kappa shape index (κ2) is 7.35. The molecule has 0 saturated carbocycles. The van der Waals surface area contributed by atoms with Gasteiger partial charge >= 0.3 is 6.03 Å². The number of urea groups is 1. The van der Waals surface area contributed by atoms with Crippen LogP contribution < -0.4 is 5.32 Å². The lowest BCUT2D eigenvalue weighted by Gasteiger charge is -2.18. The third-order valence-corrected chi connectivity index (χ3v) is 3.42. The number of amides is 2. The molecule has 2 N–H and O–H groups in total. The maximum absolute atomic E-state index is 11.9. The van der Waals surface area contributed by atoms with E-state index in [-0.39, 0.29) is 16.4 Å². The number of benzene rings is 1. The van der Waals surface area contributed by atoms with Crippen LogP contribution in [0.4, 0.5) is 16.2 Å². The van der Waals surface area contributed by atoms with Crippen molar-refractivity contribution in [3.05, 3.63) is 45.3 Å². The summed E-state index contributed by atoms with van der Waals surface area (Å²) in [6.07, 6.45) is 0. The number of alkyl halides is 2. The van der Waals surface area contributed by atoms with Crippen LogP contribution in [-0.2, 0) is 0 Å². The predicted molar refractivity (Wildman–Crippen MR) is 80.9 cm³/mol. The Morgan fingerprint density at radius 2 is 2.00 bits per heavy atom. The van der Waals surface area contributed by atoms with Crippen LogP contribution in [-0.4, -0.2) is 32.8 Å². The van der Waals surface area contributed by atoms with E-state index in [4.69, 9.17) is 34.8 Å². The minimum absolute atomic E-state index is 0.0310. The van der Waals surface area contributed by atoms with E-state index in [9.17, 15) is 20.0 Å². The summed E-state index contributed by atoms with van der Waals surface area (Å²) in [7, 11) is 1.19. The van der Waals surface area contributed by atoms with E-state index in [1.807, 2.05) is 0 Å². The highest BCUT2D eigenvalue weighted by molar-refractivity contribution is 6.52. The van der Waals surface area contributed by atoms with Gasteiger partial charge in [0.2, 0.25) is 5.88 Å². The van der Waals surface area contributed by atoms with E-state index in [1.54, 1.807) is 0 Å². The Hall–Kier alpha value is -1.70. The van der Waals surface area contributed by atoms with Crippen molar-refractivity contribution in [1.82, 2.24) is 4.90 Å². The summed E-state index contributed by atoms with van der Waals surface area (Å²) in [5, 5.41) is 22.4. The Bertz CT molecular complexity index is 592. The summed E-state index contributed by atoms with van der Waals surface area (Å²) >= 11 is 16.6. The number of nitro benzene ring substituents is 1. The fourth-order valence-corrected chi connectivity index (χ4v) is 1.61. The fraction of sp³-hybridized carbons (Fsp3) is 0.182. The maximum Gasteiger partial charge on any atom is 0.328 e. The molecular formula is C11H10Cl3N3O4. The number of nitro groups is 1. The van der Waals surface area contributed by atoms with Crippen molar-refractivity contribution < 1.29 is 14.8 Å². The minimum atomic E-state index is -1.21. The molecule has 0 heterocycles. The van der Waals surface area contributed by atoms with Gasteiger partial charge in [-0.1, -0.05) is 46.9 Å². The monoisotopic (exact) mass is 353 g/mol. The lowest BCUT2D eigenvalue weighted by atomic mass is 10.3. The van der Waals surface area contributed by atoms with Crippen molar-refractivity contribution in [2.75, 3.05) is 12.4 Å². The lowest BCUT2D eigenvalue weighted by Crippen LogP contribution is -2.31. The first-order valence-corrected chi connectivity index (χ1v) is 6.65. The number of hydrogen-bond acceptors (Lipinski definition) is 4. The third kappa shape index (κ3) is 4.38. The Labute approximate surface area is 134 Å². The van der Waals surface area contributed by atoms with Crippen LogP contribution in [0, 0.1) is 10.1 Å². The highest BCUT2D eigenvalue weighted by atomic mass is 35.5. The van der Waals surface area contributed by atoms with Crippen LogP contribution in [0.25, 0.3) is 0 Å². The van der Waals surface area contributed by atoms with Crippen LogP contribution in [0.5, 0.6) is 0 Å². The number of nitrogens with zero attached hydrogens (tertiary/aromatic N) is 2. The number of halogens is 3. The quantitative estimate of drug-likeness (QED) is 0.372. The Morgan fingerprint density at radius 3 is 2.52 bits per heavy atom. The number of carbonyl (C=O) groups is 1. The van der Waals surface area contributed by atoms with E-state index >= 15 is 0 Å². The molecule has 114 valence electrons. The zero-order valence-corrected chi connectivity index (χ0v) is 12.9. The number of nitrogens with one attached hydrogen (secondary N) is 1. The first kappa shape index (κ1) is 17.4. The molecule has 0 fully saturated rings. The summed E-state index contributed by atoms with van der Waals surface area (Å²) in [6, 6.07) is 4.69. The second-order valence-electron chi connectivity index (χ2n) is 3.74. The molecule has 0 aliphatic rings. The molecule has 0 atom stereocenters. The Morgan fingerprint density at radius 1 is 1.43 bits per heavy atom. The van der Waals surface area contributed by atoms with Crippen molar-refractivity contribution in [1.29, 1.82) is 0 Å². The molecule has 0 bridgehead atoms. The minimum Gasteiger partial charge on any atom is -0.493 e. The van der Waals surface area contributed by atoms with Gasteiger partial charge in [0.05, 0.1) is 4.92 Å². The van der Waals surface area contributed by atoms with Gasteiger partial charge in [-0.15, -0.1) is 0 Å². The predicted octanol–water partition coefficient (Wildman–Crippen LogP) is 3.83. The van der Waals surface area contributed by atoms with Crippen molar-refractivity contribution in [2.45, 2.75) is 4.84 Å². The van der Waals surface area contributed by atoms with E-state index < -0.39 is 21.7 Å². The van der Waals surface area contributed by atoms with Crippen LogP contribution in [0.1, 0.15) is 0 Å².